The minimum Gasteiger partial charge on any atom is -0.478 e. The Hall–Kier alpha value is -1.54. The predicted molar refractivity (Wildman–Crippen MR) is 67.5 cm³/mol. The Bertz CT molecular complexity index is 408. The van der Waals surface area contributed by atoms with Crippen LogP contribution < -0.4 is 0 Å². The summed E-state index contributed by atoms with van der Waals surface area (Å²) >= 11 is 5.57. The van der Waals surface area contributed by atoms with Crippen molar-refractivity contribution in [3.8, 4) is 0 Å². The number of hydrogen-bond acceptors (Lipinski definition) is 1. The predicted octanol–water partition coefficient (Wildman–Crippen LogP) is 3.43. The Kier molecular flexibility index (Phi) is 5.37. The summed E-state index contributed by atoms with van der Waals surface area (Å²) in [6.07, 6.45) is 7.44. The molecule has 0 spiro atoms. The topological polar surface area (TPSA) is 37.3 Å². The molecule has 1 aromatic carbocycles. The normalized spacial score (nSPS) is 11.3. The number of aliphatic carboxylic acids is 1. The Morgan fingerprint density at radius 3 is 2.44 bits per heavy atom. The van der Waals surface area contributed by atoms with E-state index < -0.39 is 5.97 Å². The highest BCUT2D eigenvalue weighted by atomic mass is 35.5. The maximum Gasteiger partial charge on any atom is 0.328 e. The van der Waals surface area contributed by atoms with E-state index >= 15 is 0 Å². The molecule has 1 N–H and O–H groups in total. The van der Waals surface area contributed by atoms with E-state index in [0.717, 1.165) is 23.6 Å². The number of carboxylic acids is 1. The SMILES string of the molecule is O=C(O)/C=C/c1ccccc1C=CCCCl. The molecule has 0 heterocycles. The van der Waals surface area contributed by atoms with E-state index in [2.05, 4.69) is 0 Å². The van der Waals surface area contributed by atoms with Crippen LogP contribution in [0.5, 0.6) is 0 Å². The monoisotopic (exact) mass is 236 g/mol. The van der Waals surface area contributed by atoms with Crippen LogP contribution in [0.1, 0.15) is 17.5 Å². The molecule has 1 aromatic rings. The fourth-order valence-corrected chi connectivity index (χ4v) is 1.37. The van der Waals surface area contributed by atoms with Gasteiger partial charge in [-0.2, -0.15) is 0 Å². The average Bonchev–Trinajstić information content (AvgIpc) is 2.28. The molecule has 0 aliphatic rings. The molecule has 0 radical (unpaired) electrons. The van der Waals surface area contributed by atoms with E-state index in [-0.39, 0.29) is 0 Å². The zero-order valence-electron chi connectivity index (χ0n) is 8.77. The lowest BCUT2D eigenvalue weighted by Gasteiger charge is -1.99. The van der Waals surface area contributed by atoms with Gasteiger partial charge < -0.3 is 5.11 Å². The fraction of sp³-hybridized carbons (Fsp3) is 0.154. The second kappa shape index (κ2) is 6.85. The molecule has 0 saturated heterocycles. The van der Waals surface area contributed by atoms with Gasteiger partial charge in [-0.15, -0.1) is 11.6 Å². The third kappa shape index (κ3) is 4.32. The van der Waals surface area contributed by atoms with Gasteiger partial charge in [0.2, 0.25) is 0 Å². The van der Waals surface area contributed by atoms with E-state index in [1.807, 2.05) is 36.4 Å². The van der Waals surface area contributed by atoms with E-state index in [0.29, 0.717) is 5.88 Å². The maximum atomic E-state index is 10.4. The molecule has 0 aromatic heterocycles. The summed E-state index contributed by atoms with van der Waals surface area (Å²) in [6.45, 7) is 0. The standard InChI is InChI=1S/C13H13ClO2/c14-10-4-3-7-11-5-1-2-6-12(11)8-9-13(15)16/h1-3,5-9H,4,10H2,(H,15,16)/b7-3?,9-8+. The van der Waals surface area contributed by atoms with Gasteiger partial charge in [0.25, 0.3) is 0 Å². The first-order valence-electron chi connectivity index (χ1n) is 4.96. The highest BCUT2D eigenvalue weighted by Gasteiger charge is 1.95. The number of carboxylic acid groups (broad SMARTS) is 1. The highest BCUT2D eigenvalue weighted by Crippen LogP contribution is 2.13. The zero-order chi connectivity index (χ0) is 11.8. The van der Waals surface area contributed by atoms with Gasteiger partial charge in [-0.05, 0) is 23.6 Å². The second-order valence-electron chi connectivity index (χ2n) is 3.18. The smallest absolute Gasteiger partial charge is 0.328 e. The van der Waals surface area contributed by atoms with Crippen LogP contribution in [0.25, 0.3) is 12.2 Å². The van der Waals surface area contributed by atoms with Crippen LogP contribution in [0.3, 0.4) is 0 Å². The molecule has 1 rings (SSSR count). The summed E-state index contributed by atoms with van der Waals surface area (Å²) in [4.78, 5) is 10.4. The summed E-state index contributed by atoms with van der Waals surface area (Å²) < 4.78 is 0. The molecule has 0 fully saturated rings. The van der Waals surface area contributed by atoms with Crippen LogP contribution in [-0.4, -0.2) is 17.0 Å². The quantitative estimate of drug-likeness (QED) is 0.628. The van der Waals surface area contributed by atoms with Gasteiger partial charge in [-0.3, -0.25) is 0 Å². The summed E-state index contributed by atoms with van der Waals surface area (Å²) in [7, 11) is 0. The first-order valence-corrected chi connectivity index (χ1v) is 5.50. The molecule has 0 aliphatic carbocycles. The Morgan fingerprint density at radius 1 is 1.25 bits per heavy atom. The maximum absolute atomic E-state index is 10.4. The van der Waals surface area contributed by atoms with Crippen LogP contribution in [-0.2, 0) is 4.79 Å². The van der Waals surface area contributed by atoms with Gasteiger partial charge in [0.05, 0.1) is 0 Å². The van der Waals surface area contributed by atoms with Crippen molar-refractivity contribution < 1.29 is 9.90 Å². The van der Waals surface area contributed by atoms with Crippen LogP contribution >= 0.6 is 11.6 Å². The van der Waals surface area contributed by atoms with Gasteiger partial charge in [-0.1, -0.05) is 36.4 Å². The molecular weight excluding hydrogens is 224 g/mol. The minimum absolute atomic E-state index is 0.587. The van der Waals surface area contributed by atoms with Gasteiger partial charge >= 0.3 is 5.97 Å². The van der Waals surface area contributed by atoms with Crippen LogP contribution in [0.15, 0.2) is 36.4 Å². The lowest BCUT2D eigenvalue weighted by Crippen LogP contribution is -1.87. The molecule has 0 atom stereocenters. The molecule has 0 amide bonds. The largest absolute Gasteiger partial charge is 0.478 e. The molecule has 84 valence electrons. The average molecular weight is 237 g/mol. The van der Waals surface area contributed by atoms with Crippen molar-refractivity contribution >= 4 is 29.7 Å². The third-order valence-corrected chi connectivity index (χ3v) is 2.19. The molecular formula is C13H13ClO2. The molecule has 0 aliphatic heterocycles. The van der Waals surface area contributed by atoms with Crippen molar-refractivity contribution in [1.82, 2.24) is 0 Å². The van der Waals surface area contributed by atoms with E-state index in [1.54, 1.807) is 6.08 Å². The molecule has 0 saturated carbocycles. The van der Waals surface area contributed by atoms with E-state index in [1.165, 1.54) is 0 Å². The van der Waals surface area contributed by atoms with Crippen molar-refractivity contribution in [2.24, 2.45) is 0 Å². The number of rotatable bonds is 5. The minimum atomic E-state index is -0.945. The number of allylic oxidation sites excluding steroid dienone is 1. The zero-order valence-corrected chi connectivity index (χ0v) is 9.52. The number of halogens is 1. The molecule has 16 heavy (non-hydrogen) atoms. The molecule has 0 unspecified atom stereocenters. The van der Waals surface area contributed by atoms with Crippen LogP contribution in [0.2, 0.25) is 0 Å². The van der Waals surface area contributed by atoms with Crippen molar-refractivity contribution in [3.05, 3.63) is 47.5 Å². The van der Waals surface area contributed by atoms with Gasteiger partial charge in [0.15, 0.2) is 0 Å². The lowest BCUT2D eigenvalue weighted by atomic mass is 10.1. The molecule has 2 nitrogen and oxygen atoms in total. The van der Waals surface area contributed by atoms with E-state index in [4.69, 9.17) is 16.7 Å². The summed E-state index contributed by atoms with van der Waals surface area (Å²) in [5, 5.41) is 8.56. The van der Waals surface area contributed by atoms with Gasteiger partial charge in [0.1, 0.15) is 0 Å². The third-order valence-electron chi connectivity index (χ3n) is 1.97. The van der Waals surface area contributed by atoms with Crippen molar-refractivity contribution in [1.29, 1.82) is 0 Å². The van der Waals surface area contributed by atoms with Gasteiger partial charge in [0, 0.05) is 12.0 Å². The van der Waals surface area contributed by atoms with Gasteiger partial charge in [-0.25, -0.2) is 4.79 Å². The highest BCUT2D eigenvalue weighted by molar-refractivity contribution is 6.17. The fourth-order valence-electron chi connectivity index (χ4n) is 1.25. The Balaban J connectivity index is 2.87. The first-order chi connectivity index (χ1) is 7.74. The Morgan fingerprint density at radius 2 is 1.88 bits per heavy atom. The Labute approximate surface area is 99.9 Å². The molecule has 3 heteroatoms. The van der Waals surface area contributed by atoms with Crippen molar-refractivity contribution in [3.63, 3.8) is 0 Å². The number of benzene rings is 1. The summed E-state index contributed by atoms with van der Waals surface area (Å²) in [6, 6.07) is 7.60. The summed E-state index contributed by atoms with van der Waals surface area (Å²) in [5.74, 6) is -0.358. The lowest BCUT2D eigenvalue weighted by molar-refractivity contribution is -0.131. The van der Waals surface area contributed by atoms with Crippen LogP contribution in [0.4, 0.5) is 0 Å². The number of alkyl halides is 1. The first kappa shape index (κ1) is 12.5. The van der Waals surface area contributed by atoms with Crippen LogP contribution in [0, 0.1) is 0 Å². The number of carbonyl (C=O) groups is 1. The number of hydrogen-bond donors (Lipinski definition) is 1. The summed E-state index contributed by atoms with van der Waals surface area (Å²) in [5.41, 5.74) is 1.88. The second-order valence-corrected chi connectivity index (χ2v) is 3.56. The molecule has 0 bridgehead atoms. The van der Waals surface area contributed by atoms with Crippen molar-refractivity contribution in [2.75, 3.05) is 5.88 Å². The van der Waals surface area contributed by atoms with Crippen molar-refractivity contribution in [2.45, 2.75) is 6.42 Å². The van der Waals surface area contributed by atoms with E-state index in [9.17, 15) is 4.79 Å².